The van der Waals surface area contributed by atoms with Crippen LogP contribution in [0.15, 0.2) is 22.6 Å². The summed E-state index contributed by atoms with van der Waals surface area (Å²) in [6, 6.07) is 4.06. The lowest BCUT2D eigenvalue weighted by molar-refractivity contribution is -0.384. The molecule has 1 aromatic heterocycles. The highest BCUT2D eigenvalue weighted by Gasteiger charge is 2.26. The summed E-state index contributed by atoms with van der Waals surface area (Å²) < 4.78 is 5.07. The molecule has 7 heteroatoms. The zero-order valence-electron chi connectivity index (χ0n) is 8.17. The van der Waals surface area contributed by atoms with Crippen molar-refractivity contribution >= 4 is 22.3 Å². The Morgan fingerprint density at radius 2 is 1.88 bits per heavy atom. The minimum atomic E-state index is -0.630. The van der Waals surface area contributed by atoms with Gasteiger partial charge >= 0.3 is 11.4 Å². The van der Waals surface area contributed by atoms with Crippen LogP contribution in [0.4, 0.5) is 11.4 Å². The Labute approximate surface area is 88.6 Å². The largest absolute Gasteiger partial charge is 0.447 e. The standard InChI is InChI=1S/C9H6N2O5/c1-5-8(11(14)15)6-3-2-4-7(10(12)13)9(6)16-5/h2-4H,1H3. The number of benzene rings is 1. The molecule has 0 aliphatic carbocycles. The molecule has 0 aliphatic heterocycles. The Hall–Kier alpha value is -2.44. The highest BCUT2D eigenvalue weighted by atomic mass is 16.6. The number of nitro benzene ring substituents is 1. The molecule has 16 heavy (non-hydrogen) atoms. The van der Waals surface area contributed by atoms with Crippen LogP contribution < -0.4 is 0 Å². The molecule has 2 aromatic rings. The number of rotatable bonds is 2. The van der Waals surface area contributed by atoms with Crippen molar-refractivity contribution in [2.75, 3.05) is 0 Å². The van der Waals surface area contributed by atoms with Gasteiger partial charge in [-0.1, -0.05) is 6.07 Å². The van der Waals surface area contributed by atoms with Crippen molar-refractivity contribution in [3.63, 3.8) is 0 Å². The van der Waals surface area contributed by atoms with Gasteiger partial charge in [0.05, 0.1) is 9.85 Å². The fourth-order valence-electron chi connectivity index (χ4n) is 1.58. The molecule has 0 fully saturated rings. The van der Waals surface area contributed by atoms with Gasteiger partial charge in [0.1, 0.15) is 5.39 Å². The fraction of sp³-hybridized carbons (Fsp3) is 0.111. The van der Waals surface area contributed by atoms with Crippen LogP contribution in [0.5, 0.6) is 0 Å². The highest BCUT2D eigenvalue weighted by molar-refractivity contribution is 5.94. The average Bonchev–Trinajstić information content (AvgIpc) is 2.52. The smallest absolute Gasteiger partial charge is 0.318 e. The number of fused-ring (bicyclic) bond motifs is 1. The van der Waals surface area contributed by atoms with E-state index in [0.717, 1.165) is 0 Å². The third kappa shape index (κ3) is 1.29. The Bertz CT molecular complexity index is 601. The molecule has 7 nitrogen and oxygen atoms in total. The molecule has 0 atom stereocenters. The van der Waals surface area contributed by atoms with Gasteiger partial charge in [0.2, 0.25) is 5.58 Å². The van der Waals surface area contributed by atoms with Crippen LogP contribution in [0, 0.1) is 27.2 Å². The van der Waals surface area contributed by atoms with Gasteiger partial charge in [-0.05, 0) is 6.07 Å². The van der Waals surface area contributed by atoms with Crippen molar-refractivity contribution in [2.24, 2.45) is 0 Å². The summed E-state index contributed by atoms with van der Waals surface area (Å²) in [6.45, 7) is 1.40. The van der Waals surface area contributed by atoms with E-state index in [1.54, 1.807) is 0 Å². The number of para-hydroxylation sites is 1. The molecule has 0 spiro atoms. The SMILES string of the molecule is Cc1oc2c([N+](=O)[O-])cccc2c1[N+](=O)[O-]. The lowest BCUT2D eigenvalue weighted by atomic mass is 10.2. The van der Waals surface area contributed by atoms with Gasteiger partial charge in [-0.25, -0.2) is 0 Å². The van der Waals surface area contributed by atoms with Gasteiger partial charge in [0.15, 0.2) is 5.76 Å². The van der Waals surface area contributed by atoms with Crippen LogP contribution in [0.25, 0.3) is 11.0 Å². The Morgan fingerprint density at radius 1 is 1.19 bits per heavy atom. The van der Waals surface area contributed by atoms with Crippen molar-refractivity contribution in [1.29, 1.82) is 0 Å². The van der Waals surface area contributed by atoms with E-state index in [1.807, 2.05) is 0 Å². The van der Waals surface area contributed by atoms with E-state index in [0.29, 0.717) is 0 Å². The predicted molar refractivity (Wildman–Crippen MR) is 54.3 cm³/mol. The van der Waals surface area contributed by atoms with Crippen molar-refractivity contribution in [3.05, 3.63) is 44.2 Å². The second-order valence-corrected chi connectivity index (χ2v) is 3.17. The molecule has 1 aromatic carbocycles. The third-order valence-electron chi connectivity index (χ3n) is 2.22. The molecule has 0 amide bonds. The number of hydrogen-bond donors (Lipinski definition) is 0. The maximum absolute atomic E-state index is 10.8. The summed E-state index contributed by atoms with van der Waals surface area (Å²) in [5.74, 6) is 0.0642. The third-order valence-corrected chi connectivity index (χ3v) is 2.22. The summed E-state index contributed by atoms with van der Waals surface area (Å²) >= 11 is 0. The summed E-state index contributed by atoms with van der Waals surface area (Å²) in [6.07, 6.45) is 0. The Kier molecular flexibility index (Phi) is 2.08. The van der Waals surface area contributed by atoms with Crippen LogP contribution in [0.3, 0.4) is 0 Å². The minimum Gasteiger partial charge on any atom is -0.447 e. The fourth-order valence-corrected chi connectivity index (χ4v) is 1.58. The van der Waals surface area contributed by atoms with E-state index < -0.39 is 9.85 Å². The number of non-ortho nitro benzene ring substituents is 1. The van der Waals surface area contributed by atoms with Crippen LogP contribution in [0.1, 0.15) is 5.76 Å². The normalized spacial score (nSPS) is 10.6. The predicted octanol–water partition coefficient (Wildman–Crippen LogP) is 2.56. The lowest BCUT2D eigenvalue weighted by Gasteiger charge is -1.90. The Balaban J connectivity index is 2.88. The number of furan rings is 1. The highest BCUT2D eigenvalue weighted by Crippen LogP contribution is 2.36. The second-order valence-electron chi connectivity index (χ2n) is 3.17. The van der Waals surface area contributed by atoms with Gasteiger partial charge < -0.3 is 4.42 Å². The van der Waals surface area contributed by atoms with Crippen LogP contribution in [-0.4, -0.2) is 9.85 Å². The van der Waals surface area contributed by atoms with Crippen molar-refractivity contribution in [2.45, 2.75) is 6.92 Å². The molecular formula is C9H6N2O5. The minimum absolute atomic E-state index is 0.0586. The van der Waals surface area contributed by atoms with Crippen LogP contribution >= 0.6 is 0 Å². The van der Waals surface area contributed by atoms with Crippen molar-refractivity contribution in [1.82, 2.24) is 0 Å². The number of hydrogen-bond acceptors (Lipinski definition) is 5. The van der Waals surface area contributed by atoms with Gasteiger partial charge in [0, 0.05) is 13.0 Å². The summed E-state index contributed by atoms with van der Waals surface area (Å²) in [7, 11) is 0. The maximum Gasteiger partial charge on any atom is 0.318 e. The molecule has 0 N–H and O–H groups in total. The molecule has 0 saturated carbocycles. The van der Waals surface area contributed by atoms with Gasteiger partial charge in [-0.15, -0.1) is 0 Å². The molecule has 0 saturated heterocycles. The topological polar surface area (TPSA) is 99.4 Å². The summed E-state index contributed by atoms with van der Waals surface area (Å²) in [5, 5.41) is 21.6. The van der Waals surface area contributed by atoms with Crippen molar-refractivity contribution in [3.8, 4) is 0 Å². The van der Waals surface area contributed by atoms with Crippen LogP contribution in [-0.2, 0) is 0 Å². The van der Waals surface area contributed by atoms with E-state index >= 15 is 0 Å². The first-order valence-corrected chi connectivity index (χ1v) is 4.33. The second kappa shape index (κ2) is 3.30. The quantitative estimate of drug-likeness (QED) is 0.574. The molecule has 0 radical (unpaired) electrons. The lowest BCUT2D eigenvalue weighted by Crippen LogP contribution is -1.89. The van der Waals surface area contributed by atoms with E-state index in [2.05, 4.69) is 0 Å². The first-order valence-electron chi connectivity index (χ1n) is 4.33. The zero-order chi connectivity index (χ0) is 11.9. The first-order chi connectivity index (χ1) is 7.52. The van der Waals surface area contributed by atoms with Gasteiger partial charge in [-0.3, -0.25) is 20.2 Å². The monoisotopic (exact) mass is 222 g/mol. The van der Waals surface area contributed by atoms with Crippen LogP contribution in [0.2, 0.25) is 0 Å². The van der Waals surface area contributed by atoms with Gasteiger partial charge in [0.25, 0.3) is 0 Å². The van der Waals surface area contributed by atoms with Gasteiger partial charge in [-0.2, -0.15) is 0 Å². The van der Waals surface area contributed by atoms with Crippen molar-refractivity contribution < 1.29 is 14.3 Å². The molecule has 82 valence electrons. The zero-order valence-corrected chi connectivity index (χ0v) is 8.17. The summed E-state index contributed by atoms with van der Waals surface area (Å²) in [4.78, 5) is 20.2. The average molecular weight is 222 g/mol. The Morgan fingerprint density at radius 3 is 2.44 bits per heavy atom. The molecule has 2 rings (SSSR count). The number of aryl methyl sites for hydroxylation is 1. The first kappa shape index (κ1) is 10.1. The van der Waals surface area contributed by atoms with E-state index in [-0.39, 0.29) is 28.1 Å². The molecule has 1 heterocycles. The number of nitro groups is 2. The number of nitrogens with zero attached hydrogens (tertiary/aromatic N) is 2. The van der Waals surface area contributed by atoms with E-state index in [4.69, 9.17) is 4.42 Å². The maximum atomic E-state index is 10.8. The molecule has 0 unspecified atom stereocenters. The molecule has 0 bridgehead atoms. The molecular weight excluding hydrogens is 216 g/mol. The van der Waals surface area contributed by atoms with E-state index in [1.165, 1.54) is 25.1 Å². The summed E-state index contributed by atoms with van der Waals surface area (Å²) in [5.41, 5.74) is -0.552. The van der Waals surface area contributed by atoms with E-state index in [9.17, 15) is 20.2 Å². The molecule has 0 aliphatic rings.